The Morgan fingerprint density at radius 2 is 1.64 bits per heavy atom. The van der Waals surface area contributed by atoms with Crippen molar-refractivity contribution in [2.24, 2.45) is 23.7 Å². The van der Waals surface area contributed by atoms with Gasteiger partial charge < -0.3 is 29.7 Å². The number of hydrogen-bond donors (Lipinski definition) is 0. The molecule has 0 amide bonds. The summed E-state index contributed by atoms with van der Waals surface area (Å²) in [5.41, 5.74) is 10.7. The van der Waals surface area contributed by atoms with Crippen LogP contribution in [0.1, 0.15) is 147 Å². The van der Waals surface area contributed by atoms with E-state index in [0.717, 1.165) is 75.2 Å². The third kappa shape index (κ3) is 8.83. The Labute approximate surface area is 360 Å². The molecule has 0 saturated carbocycles. The quantitative estimate of drug-likeness (QED) is 0.0658. The van der Waals surface area contributed by atoms with E-state index in [1.54, 1.807) is 0 Å². The number of allylic oxidation sites excluding steroid dienone is 3. The average Bonchev–Trinajstić information content (AvgIpc) is 3.93. The number of fused-ring (bicyclic) bond motifs is 7. The number of Topliss-reactive ketones (excluding diaryl/α,β-unsaturated/α-hetero) is 1. The molecule has 10 heteroatoms. The fraction of sp³-hybridized carbons (Fsp3) is 0.479. The number of methoxy groups -OCH3 is 1. The van der Waals surface area contributed by atoms with Crippen LogP contribution in [-0.2, 0) is 25.5 Å². The maximum Gasteiger partial charge on any atom is 2.00 e. The van der Waals surface area contributed by atoms with E-state index in [2.05, 4.69) is 48.1 Å². The summed E-state index contributed by atoms with van der Waals surface area (Å²) in [6, 6.07) is 0. The van der Waals surface area contributed by atoms with Gasteiger partial charge in [-0.3, -0.25) is 14.4 Å². The van der Waals surface area contributed by atoms with Gasteiger partial charge in [-0.05, 0) is 82.8 Å². The van der Waals surface area contributed by atoms with E-state index >= 15 is 0 Å². The number of nitrogens with zero attached hydrogens (tertiary/aromatic N) is 4. The number of ketones is 1. The molecule has 2 aliphatic heterocycles. The van der Waals surface area contributed by atoms with Crippen molar-refractivity contribution in [2.45, 2.75) is 113 Å². The second kappa shape index (κ2) is 19.2. The fourth-order valence-electron chi connectivity index (χ4n) is 8.80. The zero-order valence-electron chi connectivity index (χ0n) is 36.0. The molecule has 9 nitrogen and oxygen atoms in total. The van der Waals surface area contributed by atoms with Crippen molar-refractivity contribution in [1.82, 2.24) is 15.0 Å². The number of unbranched alkanes of at least 4 members (excludes halogenated alkanes) is 1. The van der Waals surface area contributed by atoms with Gasteiger partial charge >= 0.3 is 35.0 Å². The summed E-state index contributed by atoms with van der Waals surface area (Å²) in [4.78, 5) is 56.3. The van der Waals surface area contributed by atoms with Gasteiger partial charge in [0.25, 0.3) is 0 Å². The normalized spacial score (nSPS) is 22.2. The summed E-state index contributed by atoms with van der Waals surface area (Å²) >= 11 is 0. The van der Waals surface area contributed by atoms with Gasteiger partial charge in [-0.25, -0.2) is 0 Å². The first-order valence-electron chi connectivity index (χ1n) is 20.8. The first-order chi connectivity index (χ1) is 27.3. The van der Waals surface area contributed by atoms with Gasteiger partial charge in [0, 0.05) is 12.0 Å². The first kappa shape index (κ1) is 44.8. The Morgan fingerprint density at radius 1 is 0.931 bits per heavy atom. The van der Waals surface area contributed by atoms with Gasteiger partial charge in [0.2, 0.25) is 0 Å². The molecular weight excluding hydrogens is 737 g/mol. The fourth-order valence-corrected chi connectivity index (χ4v) is 8.80. The van der Waals surface area contributed by atoms with E-state index in [9.17, 15) is 14.4 Å². The molecule has 0 unspecified atom stereocenters. The third-order valence-corrected chi connectivity index (χ3v) is 12.4. The van der Waals surface area contributed by atoms with Gasteiger partial charge in [-0.2, -0.15) is 11.4 Å². The zero-order chi connectivity index (χ0) is 41.1. The predicted molar refractivity (Wildman–Crippen MR) is 232 cm³/mol. The number of esters is 2. The Balaban J connectivity index is 0.00000641. The summed E-state index contributed by atoms with van der Waals surface area (Å²) in [5.74, 6) is -2.30. The summed E-state index contributed by atoms with van der Waals surface area (Å²) in [6.45, 7) is 21.1. The molecule has 0 spiro atoms. The molecule has 8 bridgehead atoms. The molecule has 1 saturated heterocycles. The summed E-state index contributed by atoms with van der Waals surface area (Å²) in [6.07, 6.45) is 18.2. The Kier molecular flexibility index (Phi) is 14.8. The van der Waals surface area contributed by atoms with Crippen molar-refractivity contribution in [3.8, 4) is 0 Å². The maximum atomic E-state index is 14.3. The minimum Gasteiger partial charge on any atom is -0.664 e. The van der Waals surface area contributed by atoms with E-state index in [1.165, 1.54) is 38.4 Å². The number of ether oxygens (including phenoxy) is 2. The maximum absolute atomic E-state index is 14.3. The van der Waals surface area contributed by atoms with Gasteiger partial charge in [0.15, 0.2) is 5.78 Å². The van der Waals surface area contributed by atoms with Crippen molar-refractivity contribution in [3.05, 3.63) is 102 Å². The Morgan fingerprint density at radius 3 is 2.33 bits per heavy atom. The van der Waals surface area contributed by atoms with Crippen LogP contribution in [-0.4, -0.2) is 54.5 Å². The summed E-state index contributed by atoms with van der Waals surface area (Å²) < 4.78 is 11.0. The largest absolute Gasteiger partial charge is 2.00 e. The number of rotatable bonds is 15. The predicted octanol–water partition coefficient (Wildman–Crippen LogP) is 7.92. The molecule has 58 heavy (non-hydrogen) atoms. The molecule has 3 aromatic heterocycles. The number of carbonyl (C=O) groups excluding carboxylic acids is 3. The van der Waals surface area contributed by atoms with Crippen molar-refractivity contribution in [2.75, 3.05) is 13.7 Å². The summed E-state index contributed by atoms with van der Waals surface area (Å²) in [5, 5.41) is 6.81. The Hall–Kier alpha value is -4.28. The molecule has 0 radical (unpaired) electrons. The minimum atomic E-state index is -1.22. The van der Waals surface area contributed by atoms with Crippen LogP contribution in [0.3, 0.4) is 0 Å². The average molecular weight is 795 g/mol. The van der Waals surface area contributed by atoms with Crippen molar-refractivity contribution in [1.29, 1.82) is 0 Å². The van der Waals surface area contributed by atoms with E-state index in [1.807, 2.05) is 44.2 Å². The molecule has 1 aliphatic carbocycles. The van der Waals surface area contributed by atoms with E-state index < -0.39 is 11.9 Å². The second-order valence-corrected chi connectivity index (χ2v) is 16.2. The van der Waals surface area contributed by atoms with Gasteiger partial charge in [-0.15, -0.1) is 33.5 Å². The molecule has 4 atom stereocenters. The Bertz CT molecular complexity index is 2300. The van der Waals surface area contributed by atoms with Gasteiger partial charge in [-0.1, -0.05) is 118 Å². The molecule has 1 fully saturated rings. The van der Waals surface area contributed by atoms with Crippen LogP contribution in [0, 0.1) is 44.4 Å². The number of aromatic nitrogens is 3. The zero-order valence-corrected chi connectivity index (χ0v) is 37.4. The van der Waals surface area contributed by atoms with Crippen LogP contribution >= 0.6 is 0 Å². The van der Waals surface area contributed by atoms with Crippen LogP contribution in [0.5, 0.6) is 0 Å². The first-order valence-corrected chi connectivity index (χ1v) is 20.8. The smallest absolute Gasteiger partial charge is 0.664 e. The molecule has 0 N–H and O–H groups in total. The van der Waals surface area contributed by atoms with Crippen molar-refractivity contribution < 1.29 is 23.9 Å². The molecule has 6 rings (SSSR count). The van der Waals surface area contributed by atoms with E-state index in [0.29, 0.717) is 40.2 Å². The molecule has 5 heterocycles. The molecular formula is C48H58MgN4O5-2. The third-order valence-electron chi connectivity index (χ3n) is 12.4. The van der Waals surface area contributed by atoms with Crippen LogP contribution in [0.2, 0.25) is 0 Å². The molecule has 0 aromatic carbocycles. The molecule has 3 aliphatic rings. The summed E-state index contributed by atoms with van der Waals surface area (Å²) in [7, 11) is 1.29. The second-order valence-electron chi connectivity index (χ2n) is 16.2. The monoisotopic (exact) mass is 794 g/mol. The van der Waals surface area contributed by atoms with E-state index in [-0.39, 0.29) is 59.7 Å². The van der Waals surface area contributed by atoms with Gasteiger partial charge in [0.1, 0.15) is 12.5 Å². The topological polar surface area (TPSA) is 126 Å². The standard InChI is InChI=1S/C48H59N4O5.Mg/c1-11-14-16-26(4)17-15-18-27(5)21-22-57-41(53)20-19-34-30(8)37-23-35-28(6)32(12-2)39(49-35)24-36-29(7)33(13-3)40(50-36)25-38-31(9)42-46(52-38)43(45(34)51-37)44(47(42)54)48(55)56-10;/h12,21,23-26,30,34,44H,2,11,13-20,22H2,1,3-10H3,(H-,51,52,54);/q-3;+2/p-1/b27-21-,36-24-,37-23-,40-25-;/t26-,30+,34+,44-;/m1./s1. The SMILES string of the molecule is C=Cc1c2[n-]c(c1C)/C=C1\[N-]/C(=C3\c4[n-]c(c(C)c4C(=O)[C@@H]3C(=O)OC)/C=c3\[n-]/c(c(C)c3CC)=C\2)[C@@H](CCC(=O)OC/C=C(/C)CCC[C@H](C)CCCC)[C@@H]1C.[Mg+2]. The van der Waals surface area contributed by atoms with Crippen LogP contribution in [0.15, 0.2) is 29.6 Å². The van der Waals surface area contributed by atoms with Gasteiger partial charge in [0.05, 0.1) is 7.11 Å². The van der Waals surface area contributed by atoms with Crippen molar-refractivity contribution >= 4 is 70.7 Å². The van der Waals surface area contributed by atoms with Crippen LogP contribution in [0.4, 0.5) is 0 Å². The van der Waals surface area contributed by atoms with Crippen molar-refractivity contribution in [3.63, 3.8) is 0 Å². The molecule has 304 valence electrons. The van der Waals surface area contributed by atoms with Crippen LogP contribution in [0.25, 0.3) is 35.2 Å². The number of hydrogen-bond acceptors (Lipinski definition) is 5. The number of carbonyl (C=O) groups is 3. The molecule has 3 aromatic rings. The van der Waals surface area contributed by atoms with E-state index in [4.69, 9.17) is 29.7 Å². The van der Waals surface area contributed by atoms with Crippen LogP contribution < -0.4 is 25.7 Å². The minimum absolute atomic E-state index is 0.